The third kappa shape index (κ3) is 5.64. The molecule has 2 nitrogen and oxygen atoms in total. The molecule has 0 saturated carbocycles. The molecule has 1 aromatic rings. The van der Waals surface area contributed by atoms with Crippen molar-refractivity contribution in [2.75, 3.05) is 13.1 Å². The van der Waals surface area contributed by atoms with Gasteiger partial charge in [0.25, 0.3) is 0 Å². The van der Waals surface area contributed by atoms with Gasteiger partial charge in [-0.3, -0.25) is 4.90 Å². The van der Waals surface area contributed by atoms with Crippen molar-refractivity contribution in [3.05, 3.63) is 22.4 Å². The van der Waals surface area contributed by atoms with Crippen LogP contribution in [-0.2, 0) is 6.54 Å². The molecule has 0 amide bonds. The van der Waals surface area contributed by atoms with Crippen molar-refractivity contribution >= 4 is 11.3 Å². The number of hydrogen-bond donors (Lipinski definition) is 1. The van der Waals surface area contributed by atoms with Gasteiger partial charge in [0, 0.05) is 23.5 Å². The molecular weight excluding hydrogens is 252 g/mol. The monoisotopic (exact) mass is 282 g/mol. The van der Waals surface area contributed by atoms with Crippen LogP contribution in [-0.4, -0.2) is 30.1 Å². The largest absolute Gasteiger partial charge is 0.316 e. The van der Waals surface area contributed by atoms with Gasteiger partial charge >= 0.3 is 0 Å². The van der Waals surface area contributed by atoms with E-state index in [4.69, 9.17) is 0 Å². The predicted octanol–water partition coefficient (Wildman–Crippen LogP) is 3.98. The summed E-state index contributed by atoms with van der Waals surface area (Å²) in [4.78, 5) is 4.08. The molecule has 0 fully saturated rings. The summed E-state index contributed by atoms with van der Waals surface area (Å²) in [6.07, 6.45) is 1.21. The van der Waals surface area contributed by atoms with Crippen LogP contribution in [0.3, 0.4) is 0 Å². The lowest BCUT2D eigenvalue weighted by Crippen LogP contribution is -2.44. The van der Waals surface area contributed by atoms with Gasteiger partial charge in [0.05, 0.1) is 0 Å². The normalized spacial score (nSPS) is 15.1. The van der Waals surface area contributed by atoms with Crippen molar-refractivity contribution in [2.24, 2.45) is 5.92 Å². The molecule has 0 spiro atoms. The quantitative estimate of drug-likeness (QED) is 0.689. The smallest absolute Gasteiger partial charge is 0.0333 e. The van der Waals surface area contributed by atoms with Gasteiger partial charge in [0.15, 0.2) is 0 Å². The van der Waals surface area contributed by atoms with E-state index in [0.717, 1.165) is 19.6 Å². The van der Waals surface area contributed by atoms with E-state index in [1.807, 2.05) is 11.3 Å². The summed E-state index contributed by atoms with van der Waals surface area (Å²) in [5.41, 5.74) is 0. The highest BCUT2D eigenvalue weighted by Gasteiger charge is 2.22. The number of rotatable bonds is 9. The maximum atomic E-state index is 3.54. The minimum atomic E-state index is 0.589. The Morgan fingerprint density at radius 3 is 2.53 bits per heavy atom. The third-order valence-corrected chi connectivity index (χ3v) is 4.68. The fourth-order valence-corrected chi connectivity index (χ4v) is 3.10. The third-order valence-electron chi connectivity index (χ3n) is 3.82. The first-order valence-corrected chi connectivity index (χ1v) is 8.43. The second-order valence-corrected chi connectivity index (χ2v) is 6.80. The van der Waals surface area contributed by atoms with Gasteiger partial charge in [-0.2, -0.15) is 0 Å². The first kappa shape index (κ1) is 16.7. The van der Waals surface area contributed by atoms with E-state index in [2.05, 4.69) is 62.3 Å². The Labute approximate surface area is 123 Å². The Morgan fingerprint density at radius 2 is 2.00 bits per heavy atom. The van der Waals surface area contributed by atoms with Crippen LogP contribution in [0.5, 0.6) is 0 Å². The molecule has 1 aromatic heterocycles. The van der Waals surface area contributed by atoms with E-state index in [0.29, 0.717) is 18.0 Å². The highest BCUT2D eigenvalue weighted by Crippen LogP contribution is 2.20. The number of hydrogen-bond acceptors (Lipinski definition) is 3. The Bertz CT molecular complexity index is 321. The molecule has 0 aromatic carbocycles. The SMILES string of the molecule is CCCNCC(C)C(C)N(Cc1cccs1)C(C)C. The summed E-state index contributed by atoms with van der Waals surface area (Å²) in [6.45, 7) is 14.9. The topological polar surface area (TPSA) is 15.3 Å². The van der Waals surface area contributed by atoms with Gasteiger partial charge in [-0.15, -0.1) is 11.3 Å². The lowest BCUT2D eigenvalue weighted by Gasteiger charge is -2.36. The summed E-state index contributed by atoms with van der Waals surface area (Å²) in [6, 6.07) is 5.58. The van der Waals surface area contributed by atoms with Gasteiger partial charge in [0.1, 0.15) is 0 Å². The molecule has 1 heterocycles. The highest BCUT2D eigenvalue weighted by atomic mass is 32.1. The molecule has 1 N–H and O–H groups in total. The van der Waals surface area contributed by atoms with Crippen LogP contribution in [0, 0.1) is 5.92 Å². The van der Waals surface area contributed by atoms with E-state index in [1.54, 1.807) is 0 Å². The molecule has 3 heteroatoms. The summed E-state index contributed by atoms with van der Waals surface area (Å²) < 4.78 is 0. The van der Waals surface area contributed by atoms with Gasteiger partial charge < -0.3 is 5.32 Å². The van der Waals surface area contributed by atoms with E-state index in [-0.39, 0.29) is 0 Å². The molecule has 1 rings (SSSR count). The first-order valence-electron chi connectivity index (χ1n) is 7.55. The molecule has 0 aliphatic carbocycles. The Kier molecular flexibility index (Phi) is 7.66. The summed E-state index contributed by atoms with van der Waals surface area (Å²) in [5.74, 6) is 0.675. The van der Waals surface area contributed by atoms with Crippen molar-refractivity contribution in [3.63, 3.8) is 0 Å². The van der Waals surface area contributed by atoms with Gasteiger partial charge in [-0.1, -0.05) is 19.9 Å². The molecule has 0 bridgehead atoms. The molecule has 19 heavy (non-hydrogen) atoms. The maximum Gasteiger partial charge on any atom is 0.0333 e. The average molecular weight is 282 g/mol. The Morgan fingerprint density at radius 1 is 1.26 bits per heavy atom. The lowest BCUT2D eigenvalue weighted by atomic mass is 10.0. The summed E-state index contributed by atoms with van der Waals surface area (Å²) >= 11 is 1.86. The average Bonchev–Trinajstić information content (AvgIpc) is 2.87. The standard InChI is InChI=1S/C16H30N2S/c1-6-9-17-11-14(4)15(5)18(13(2)3)12-16-8-7-10-19-16/h7-8,10,13-15,17H,6,9,11-12H2,1-5H3. The van der Waals surface area contributed by atoms with Crippen LogP contribution in [0.2, 0.25) is 0 Å². The first-order chi connectivity index (χ1) is 9.06. The molecule has 0 radical (unpaired) electrons. The van der Waals surface area contributed by atoms with Crippen molar-refractivity contribution in [3.8, 4) is 0 Å². The number of nitrogens with one attached hydrogen (secondary N) is 1. The van der Waals surface area contributed by atoms with Crippen LogP contribution < -0.4 is 5.32 Å². The Balaban J connectivity index is 2.54. The zero-order chi connectivity index (χ0) is 14.3. The van der Waals surface area contributed by atoms with Crippen LogP contribution in [0.1, 0.15) is 45.9 Å². The zero-order valence-electron chi connectivity index (χ0n) is 13.1. The fourth-order valence-electron chi connectivity index (χ4n) is 2.38. The molecular formula is C16H30N2S. The molecule has 110 valence electrons. The van der Waals surface area contributed by atoms with Crippen molar-refractivity contribution < 1.29 is 0 Å². The Hall–Kier alpha value is -0.380. The van der Waals surface area contributed by atoms with Crippen molar-refractivity contribution in [2.45, 2.75) is 59.7 Å². The van der Waals surface area contributed by atoms with Gasteiger partial charge in [0.2, 0.25) is 0 Å². The number of nitrogens with zero attached hydrogens (tertiary/aromatic N) is 1. The molecule has 0 saturated heterocycles. The zero-order valence-corrected chi connectivity index (χ0v) is 14.0. The van der Waals surface area contributed by atoms with Gasteiger partial charge in [-0.05, 0) is 57.6 Å². The van der Waals surface area contributed by atoms with Crippen molar-refractivity contribution in [1.29, 1.82) is 0 Å². The minimum Gasteiger partial charge on any atom is -0.316 e. The second-order valence-electron chi connectivity index (χ2n) is 5.77. The minimum absolute atomic E-state index is 0.589. The van der Waals surface area contributed by atoms with Crippen molar-refractivity contribution in [1.82, 2.24) is 10.2 Å². The van der Waals surface area contributed by atoms with E-state index < -0.39 is 0 Å². The van der Waals surface area contributed by atoms with E-state index in [9.17, 15) is 0 Å². The molecule has 2 atom stereocenters. The highest BCUT2D eigenvalue weighted by molar-refractivity contribution is 7.09. The molecule has 2 unspecified atom stereocenters. The predicted molar refractivity (Wildman–Crippen MR) is 86.8 cm³/mol. The maximum absolute atomic E-state index is 3.54. The van der Waals surface area contributed by atoms with Crippen LogP contribution in [0.25, 0.3) is 0 Å². The lowest BCUT2D eigenvalue weighted by molar-refractivity contribution is 0.116. The number of thiophene rings is 1. The second kappa shape index (κ2) is 8.72. The summed E-state index contributed by atoms with van der Waals surface area (Å²) in [5, 5.41) is 5.72. The van der Waals surface area contributed by atoms with Crippen LogP contribution >= 0.6 is 11.3 Å². The van der Waals surface area contributed by atoms with E-state index in [1.165, 1.54) is 11.3 Å². The van der Waals surface area contributed by atoms with Crippen LogP contribution in [0.15, 0.2) is 17.5 Å². The fraction of sp³-hybridized carbons (Fsp3) is 0.750. The summed E-state index contributed by atoms with van der Waals surface area (Å²) in [7, 11) is 0. The molecule has 0 aliphatic rings. The van der Waals surface area contributed by atoms with E-state index >= 15 is 0 Å². The van der Waals surface area contributed by atoms with Crippen LogP contribution in [0.4, 0.5) is 0 Å². The molecule has 0 aliphatic heterocycles. The van der Waals surface area contributed by atoms with Gasteiger partial charge in [-0.25, -0.2) is 0 Å².